The van der Waals surface area contributed by atoms with Crippen LogP contribution in [0.3, 0.4) is 0 Å². The molecule has 2 aromatic carbocycles. The molecule has 1 saturated heterocycles. The first kappa shape index (κ1) is 20.0. The minimum absolute atomic E-state index is 0. The molecule has 0 bridgehead atoms. The average Bonchev–Trinajstić information content (AvgIpc) is 3.48. The largest absolute Gasteiger partial charge is 0.359 e. The molecule has 3 aromatic rings. The van der Waals surface area contributed by atoms with Crippen LogP contribution in [0.5, 0.6) is 0 Å². The first-order valence-electron chi connectivity index (χ1n) is 9.81. The van der Waals surface area contributed by atoms with Gasteiger partial charge in [0.25, 0.3) is 10.0 Å². The van der Waals surface area contributed by atoms with E-state index in [4.69, 9.17) is 0 Å². The number of sulfonamides is 1. The van der Waals surface area contributed by atoms with Crippen molar-refractivity contribution in [3.8, 4) is 0 Å². The van der Waals surface area contributed by atoms with Crippen molar-refractivity contribution in [3.63, 3.8) is 0 Å². The molecule has 2 aliphatic rings. The Kier molecular flexibility index (Phi) is 4.90. The molecule has 1 fully saturated rings. The van der Waals surface area contributed by atoms with E-state index in [1.54, 1.807) is 28.5 Å². The monoisotopic (exact) mass is 462 g/mol. The van der Waals surface area contributed by atoms with Crippen molar-refractivity contribution in [1.82, 2.24) is 4.98 Å². The van der Waals surface area contributed by atoms with Crippen molar-refractivity contribution in [2.45, 2.75) is 23.8 Å². The third-order valence-corrected chi connectivity index (χ3v) is 7.81. The van der Waals surface area contributed by atoms with E-state index in [9.17, 15) is 17.6 Å². The number of thiazole rings is 1. The zero-order chi connectivity index (χ0) is 21.6. The van der Waals surface area contributed by atoms with Crippen LogP contribution >= 0.6 is 11.3 Å². The maximum absolute atomic E-state index is 13.5. The van der Waals surface area contributed by atoms with Crippen LogP contribution in [0.15, 0.2) is 58.9 Å². The summed E-state index contributed by atoms with van der Waals surface area (Å²) in [6, 6.07) is 10.6. The van der Waals surface area contributed by atoms with Crippen molar-refractivity contribution in [3.05, 3.63) is 65.4 Å². The second kappa shape index (κ2) is 7.61. The molecule has 2 aliphatic heterocycles. The van der Waals surface area contributed by atoms with Crippen LogP contribution < -0.4 is 14.5 Å². The molecule has 1 atom stereocenters. The van der Waals surface area contributed by atoms with E-state index in [0.29, 0.717) is 30.3 Å². The zero-order valence-electron chi connectivity index (χ0n) is 16.4. The van der Waals surface area contributed by atoms with Gasteiger partial charge in [0.2, 0.25) is 5.91 Å². The molecule has 7 nitrogen and oxygen atoms in total. The Morgan fingerprint density at radius 1 is 1.16 bits per heavy atom. The highest BCUT2D eigenvalue weighted by molar-refractivity contribution is 7.93. The van der Waals surface area contributed by atoms with Crippen molar-refractivity contribution >= 4 is 43.8 Å². The lowest BCUT2D eigenvalue weighted by Crippen LogP contribution is -2.41. The van der Waals surface area contributed by atoms with E-state index in [-0.39, 0.29) is 25.5 Å². The van der Waals surface area contributed by atoms with Crippen LogP contribution in [-0.4, -0.2) is 38.4 Å². The van der Waals surface area contributed by atoms with Gasteiger partial charge in [-0.2, -0.15) is 0 Å². The molecule has 31 heavy (non-hydrogen) atoms. The van der Waals surface area contributed by atoms with E-state index in [1.165, 1.54) is 41.8 Å². The molecule has 3 heterocycles. The number of anilines is 3. The van der Waals surface area contributed by atoms with Crippen LogP contribution in [0.25, 0.3) is 0 Å². The third kappa shape index (κ3) is 3.66. The van der Waals surface area contributed by atoms with Gasteiger partial charge in [-0.05, 0) is 60.9 Å². The summed E-state index contributed by atoms with van der Waals surface area (Å²) >= 11 is 1.20. The van der Waals surface area contributed by atoms with Crippen LogP contribution in [0.1, 0.15) is 14.8 Å². The Morgan fingerprint density at radius 3 is 2.71 bits per heavy atom. The fourth-order valence-electron chi connectivity index (χ4n) is 4.18. The Hall–Kier alpha value is -2.98. The molecule has 10 heteroatoms. The Balaban J connectivity index is 0.00000153. The van der Waals surface area contributed by atoms with E-state index >= 15 is 0 Å². The van der Waals surface area contributed by atoms with Gasteiger partial charge in [0.05, 0.1) is 4.90 Å². The molecule has 0 radical (unpaired) electrons. The highest BCUT2D eigenvalue weighted by Gasteiger charge is 2.39. The van der Waals surface area contributed by atoms with Crippen LogP contribution in [0.4, 0.5) is 20.9 Å². The third-order valence-electron chi connectivity index (χ3n) is 5.64. The van der Waals surface area contributed by atoms with Crippen molar-refractivity contribution in [1.29, 1.82) is 0 Å². The van der Waals surface area contributed by atoms with Crippen molar-refractivity contribution in [2.24, 2.45) is 0 Å². The number of hydrogen-bond acceptors (Lipinski definition) is 6. The van der Waals surface area contributed by atoms with Crippen LogP contribution in [0, 0.1) is 5.82 Å². The van der Waals surface area contributed by atoms with Gasteiger partial charge in [-0.3, -0.25) is 9.52 Å². The lowest BCUT2D eigenvalue weighted by Gasteiger charge is -2.26. The Labute approximate surface area is 186 Å². The minimum Gasteiger partial charge on any atom is -0.359 e. The maximum Gasteiger partial charge on any atom is 0.263 e. The molecule has 164 valence electrons. The topological polar surface area (TPSA) is 82.6 Å². The number of carbonyl (C=O) groups is 1. The summed E-state index contributed by atoms with van der Waals surface area (Å²) in [4.78, 5) is 20.9. The predicted octanol–water partition coefficient (Wildman–Crippen LogP) is 3.74. The van der Waals surface area contributed by atoms with Crippen LogP contribution in [0.2, 0.25) is 0 Å². The summed E-state index contributed by atoms with van der Waals surface area (Å²) < 4.78 is 40.9. The number of fused-ring (bicyclic) bond motifs is 1. The maximum atomic E-state index is 13.5. The van der Waals surface area contributed by atoms with Gasteiger partial charge >= 0.3 is 0 Å². The second-order valence-electron chi connectivity index (χ2n) is 7.45. The summed E-state index contributed by atoms with van der Waals surface area (Å²) in [6.07, 6.45) is 2.90. The number of hydrogen-bond donors (Lipinski definition) is 1. The molecule has 0 aliphatic carbocycles. The normalized spacial score (nSPS) is 18.5. The first-order chi connectivity index (χ1) is 14.9. The van der Waals surface area contributed by atoms with Gasteiger partial charge < -0.3 is 9.80 Å². The SMILES string of the molecule is O=C1[C@@H](N2CCc3cc(F)ccc32)CCN1c1ccc(S(=O)(=O)Nc2nccs2)cc1.[HH].[HH]. The Bertz CT molecular complexity index is 1240. The molecule has 1 amide bonds. The van der Waals surface area contributed by atoms with Gasteiger partial charge in [0.15, 0.2) is 5.13 Å². The number of nitrogens with one attached hydrogen (secondary N) is 1. The fraction of sp³-hybridized carbons (Fsp3) is 0.238. The predicted molar refractivity (Wildman–Crippen MR) is 122 cm³/mol. The molecule has 0 unspecified atom stereocenters. The number of nitrogens with zero attached hydrogens (tertiary/aromatic N) is 3. The standard InChI is InChI=1S/C21H19FN4O3S2.2H2/c22-15-1-6-18-14(13-15)7-10-26(18)19-8-11-25(20(19)27)16-2-4-17(5-3-16)31(28,29)24-21-23-9-12-30-21;;/h1-6,9,12-13,19H,7-8,10-11H2,(H,23,24);2*1H/t19-;;/m0../s1. The van der Waals surface area contributed by atoms with Gasteiger partial charge in [-0.15, -0.1) is 11.3 Å². The van der Waals surface area contributed by atoms with E-state index in [2.05, 4.69) is 9.71 Å². The van der Waals surface area contributed by atoms with Crippen molar-refractivity contribution in [2.75, 3.05) is 27.6 Å². The average molecular weight is 463 g/mol. The van der Waals surface area contributed by atoms with Gasteiger partial charge in [-0.1, -0.05) is 0 Å². The van der Waals surface area contributed by atoms with Gasteiger partial charge in [0.1, 0.15) is 11.9 Å². The van der Waals surface area contributed by atoms with E-state index in [0.717, 1.165) is 17.7 Å². The molecular formula is C21H23FN4O3S2. The Morgan fingerprint density at radius 2 is 1.97 bits per heavy atom. The number of amides is 1. The molecule has 5 rings (SSSR count). The summed E-state index contributed by atoms with van der Waals surface area (Å²) in [5, 5.41) is 1.98. The highest BCUT2D eigenvalue weighted by atomic mass is 32.2. The summed E-state index contributed by atoms with van der Waals surface area (Å²) in [5.41, 5.74) is 2.49. The number of halogens is 1. The van der Waals surface area contributed by atoms with Crippen molar-refractivity contribution < 1.29 is 20.5 Å². The van der Waals surface area contributed by atoms with E-state index in [1.807, 2.05) is 4.90 Å². The molecule has 1 aromatic heterocycles. The summed E-state index contributed by atoms with van der Waals surface area (Å²) in [6.45, 7) is 1.22. The summed E-state index contributed by atoms with van der Waals surface area (Å²) in [5.74, 6) is -0.298. The molecular weight excluding hydrogens is 439 g/mol. The van der Waals surface area contributed by atoms with Crippen LogP contribution in [-0.2, 0) is 21.2 Å². The van der Waals surface area contributed by atoms with E-state index < -0.39 is 10.0 Å². The number of carbonyl (C=O) groups excluding carboxylic acids is 1. The van der Waals surface area contributed by atoms with Gasteiger partial charge in [0, 0.05) is 38.9 Å². The second-order valence-corrected chi connectivity index (χ2v) is 10.0. The summed E-state index contributed by atoms with van der Waals surface area (Å²) in [7, 11) is -3.74. The number of rotatable bonds is 5. The van der Waals surface area contributed by atoms with Gasteiger partial charge in [-0.25, -0.2) is 17.8 Å². The molecule has 0 spiro atoms. The number of aromatic nitrogens is 1. The lowest BCUT2D eigenvalue weighted by molar-refractivity contribution is -0.118. The smallest absolute Gasteiger partial charge is 0.263 e. The first-order valence-corrected chi connectivity index (χ1v) is 12.2. The minimum atomic E-state index is -3.74. The lowest BCUT2D eigenvalue weighted by atomic mass is 10.1. The highest BCUT2D eigenvalue weighted by Crippen LogP contribution is 2.34. The molecule has 0 saturated carbocycles. The zero-order valence-corrected chi connectivity index (χ0v) is 18.0. The quantitative estimate of drug-likeness (QED) is 0.625. The molecule has 1 N–H and O–H groups in total. The fourth-order valence-corrected chi connectivity index (χ4v) is 5.97. The number of benzene rings is 2.